The Balaban J connectivity index is 2.16. The Morgan fingerprint density at radius 1 is 1.44 bits per heavy atom. The van der Waals surface area contributed by atoms with E-state index in [1.807, 2.05) is 24.3 Å². The fraction of sp³-hybridized carbons (Fsp3) is 0.462. The van der Waals surface area contributed by atoms with Crippen LogP contribution in [0, 0.1) is 0 Å². The average Bonchev–Trinajstić information content (AvgIpc) is 2.65. The molecule has 2 rings (SSSR count). The van der Waals surface area contributed by atoms with Crippen LogP contribution in [0.4, 0.5) is 4.79 Å². The van der Waals surface area contributed by atoms with Crippen molar-refractivity contribution in [1.82, 2.24) is 4.90 Å². The van der Waals surface area contributed by atoms with Gasteiger partial charge in [-0.2, -0.15) is 0 Å². The van der Waals surface area contributed by atoms with Gasteiger partial charge in [-0.25, -0.2) is 4.79 Å². The smallest absolute Gasteiger partial charge is 0.410 e. The molecule has 2 atom stereocenters. The maximum Gasteiger partial charge on any atom is 0.410 e. The standard InChI is InChI=1S/C13H18N2O3/c1-15-10(8-14)12(18-13(15)16)7-9-5-3-4-6-11(9)17-2/h3-6,10,12H,7-8,14H2,1-2H3. The van der Waals surface area contributed by atoms with Crippen LogP contribution >= 0.6 is 0 Å². The number of carbonyl (C=O) groups is 1. The van der Waals surface area contributed by atoms with Crippen molar-refractivity contribution in [2.75, 3.05) is 20.7 Å². The highest BCUT2D eigenvalue weighted by Gasteiger charge is 2.38. The summed E-state index contributed by atoms with van der Waals surface area (Å²) < 4.78 is 10.6. The summed E-state index contributed by atoms with van der Waals surface area (Å²) in [6.45, 7) is 0.391. The Morgan fingerprint density at radius 3 is 2.83 bits per heavy atom. The molecule has 5 nitrogen and oxygen atoms in total. The lowest BCUT2D eigenvalue weighted by Gasteiger charge is -2.20. The number of amides is 1. The van der Waals surface area contributed by atoms with Gasteiger partial charge < -0.3 is 20.1 Å². The van der Waals surface area contributed by atoms with Gasteiger partial charge in [-0.05, 0) is 11.6 Å². The molecule has 0 bridgehead atoms. The molecule has 98 valence electrons. The van der Waals surface area contributed by atoms with Crippen LogP contribution in [0.15, 0.2) is 24.3 Å². The molecule has 0 saturated carbocycles. The summed E-state index contributed by atoms with van der Waals surface area (Å²) in [6.07, 6.45) is 0.0799. The highest BCUT2D eigenvalue weighted by Crippen LogP contribution is 2.25. The first-order valence-electron chi connectivity index (χ1n) is 5.92. The van der Waals surface area contributed by atoms with E-state index in [0.717, 1.165) is 11.3 Å². The number of nitrogens with zero attached hydrogens (tertiary/aromatic N) is 1. The zero-order valence-corrected chi connectivity index (χ0v) is 10.6. The third-order valence-corrected chi connectivity index (χ3v) is 3.32. The van der Waals surface area contributed by atoms with E-state index in [9.17, 15) is 4.79 Å². The summed E-state index contributed by atoms with van der Waals surface area (Å²) >= 11 is 0. The molecule has 0 radical (unpaired) electrons. The number of rotatable bonds is 4. The monoisotopic (exact) mass is 250 g/mol. The molecule has 18 heavy (non-hydrogen) atoms. The third-order valence-electron chi connectivity index (χ3n) is 3.32. The van der Waals surface area contributed by atoms with Crippen LogP contribution in [0.25, 0.3) is 0 Å². The summed E-state index contributed by atoms with van der Waals surface area (Å²) in [4.78, 5) is 13.1. The second kappa shape index (κ2) is 5.27. The minimum absolute atomic E-state index is 0.0811. The van der Waals surface area contributed by atoms with Crippen LogP contribution in [0.3, 0.4) is 0 Å². The second-order valence-corrected chi connectivity index (χ2v) is 4.35. The van der Waals surface area contributed by atoms with Gasteiger partial charge >= 0.3 is 6.09 Å². The van der Waals surface area contributed by atoms with Gasteiger partial charge in [0.15, 0.2) is 0 Å². The number of para-hydroxylation sites is 1. The fourth-order valence-electron chi connectivity index (χ4n) is 2.25. The minimum Gasteiger partial charge on any atom is -0.496 e. The number of methoxy groups -OCH3 is 1. The van der Waals surface area contributed by atoms with Crippen molar-refractivity contribution in [3.63, 3.8) is 0 Å². The van der Waals surface area contributed by atoms with E-state index >= 15 is 0 Å². The molecule has 0 aromatic heterocycles. The zero-order chi connectivity index (χ0) is 13.1. The van der Waals surface area contributed by atoms with E-state index < -0.39 is 0 Å². The summed E-state index contributed by atoms with van der Waals surface area (Å²) in [5.74, 6) is 0.805. The molecular formula is C13H18N2O3. The number of ether oxygens (including phenoxy) is 2. The summed E-state index contributed by atoms with van der Waals surface area (Å²) in [5.41, 5.74) is 6.72. The van der Waals surface area contributed by atoms with E-state index in [1.54, 1.807) is 19.1 Å². The molecule has 1 aromatic rings. The van der Waals surface area contributed by atoms with Crippen LogP contribution in [-0.4, -0.2) is 43.8 Å². The Labute approximate surface area is 106 Å². The van der Waals surface area contributed by atoms with Crippen molar-refractivity contribution in [3.8, 4) is 5.75 Å². The summed E-state index contributed by atoms with van der Waals surface area (Å²) in [6, 6.07) is 7.64. The van der Waals surface area contributed by atoms with Crippen molar-refractivity contribution >= 4 is 6.09 Å². The van der Waals surface area contributed by atoms with Crippen LogP contribution in [0.5, 0.6) is 5.75 Å². The maximum atomic E-state index is 11.5. The highest BCUT2D eigenvalue weighted by molar-refractivity contribution is 5.70. The van der Waals surface area contributed by atoms with Gasteiger partial charge in [0.25, 0.3) is 0 Å². The lowest BCUT2D eigenvalue weighted by atomic mass is 10.0. The number of cyclic esters (lactones) is 1. The second-order valence-electron chi connectivity index (χ2n) is 4.35. The molecule has 5 heteroatoms. The van der Waals surface area contributed by atoms with Gasteiger partial charge in [0.1, 0.15) is 11.9 Å². The first-order chi connectivity index (χ1) is 8.67. The van der Waals surface area contributed by atoms with Crippen molar-refractivity contribution < 1.29 is 14.3 Å². The molecule has 1 heterocycles. The van der Waals surface area contributed by atoms with Gasteiger partial charge in [-0.15, -0.1) is 0 Å². The molecule has 0 aliphatic carbocycles. The number of carbonyl (C=O) groups excluding carboxylic acids is 1. The number of benzene rings is 1. The molecule has 1 aliphatic rings. The van der Waals surface area contributed by atoms with Crippen molar-refractivity contribution in [1.29, 1.82) is 0 Å². The molecule has 1 saturated heterocycles. The third kappa shape index (κ3) is 2.26. The van der Waals surface area contributed by atoms with Gasteiger partial charge in [-0.3, -0.25) is 0 Å². The SMILES string of the molecule is COc1ccccc1CC1OC(=O)N(C)C1CN. The normalized spacial score (nSPS) is 23.1. The molecule has 2 N–H and O–H groups in total. The molecular weight excluding hydrogens is 232 g/mol. The van der Waals surface area contributed by atoms with Gasteiger partial charge in [0, 0.05) is 20.0 Å². The van der Waals surface area contributed by atoms with Crippen LogP contribution in [0.2, 0.25) is 0 Å². The largest absolute Gasteiger partial charge is 0.496 e. The maximum absolute atomic E-state index is 11.5. The molecule has 1 amide bonds. The van der Waals surface area contributed by atoms with Gasteiger partial charge in [-0.1, -0.05) is 18.2 Å². The molecule has 0 spiro atoms. The van der Waals surface area contributed by atoms with Crippen LogP contribution in [0.1, 0.15) is 5.56 Å². The molecule has 1 aromatic carbocycles. The van der Waals surface area contributed by atoms with Gasteiger partial charge in [0.2, 0.25) is 0 Å². The number of hydrogen-bond acceptors (Lipinski definition) is 4. The Morgan fingerprint density at radius 2 is 2.17 bits per heavy atom. The molecule has 1 fully saturated rings. The summed E-state index contributed by atoms with van der Waals surface area (Å²) in [5, 5.41) is 0. The van der Waals surface area contributed by atoms with Gasteiger partial charge in [0.05, 0.1) is 13.2 Å². The van der Waals surface area contributed by atoms with E-state index in [4.69, 9.17) is 15.2 Å². The lowest BCUT2D eigenvalue weighted by Crippen LogP contribution is -2.40. The quantitative estimate of drug-likeness (QED) is 0.866. The highest BCUT2D eigenvalue weighted by atomic mass is 16.6. The average molecular weight is 250 g/mol. The summed E-state index contributed by atoms with van der Waals surface area (Å²) in [7, 11) is 3.34. The fourth-order valence-corrected chi connectivity index (χ4v) is 2.25. The zero-order valence-electron chi connectivity index (χ0n) is 10.6. The first kappa shape index (κ1) is 12.7. The van der Waals surface area contributed by atoms with Crippen LogP contribution < -0.4 is 10.5 Å². The van der Waals surface area contributed by atoms with E-state index in [-0.39, 0.29) is 18.2 Å². The minimum atomic E-state index is -0.314. The van der Waals surface area contributed by atoms with E-state index in [1.165, 1.54) is 0 Å². The Hall–Kier alpha value is -1.75. The predicted molar refractivity (Wildman–Crippen MR) is 67.6 cm³/mol. The van der Waals surface area contributed by atoms with Crippen molar-refractivity contribution in [2.24, 2.45) is 5.73 Å². The number of likely N-dealkylation sites (N-methyl/N-ethyl adjacent to an activating group) is 1. The number of hydrogen-bond donors (Lipinski definition) is 1. The predicted octanol–water partition coefficient (Wildman–Crippen LogP) is 1.02. The van der Waals surface area contributed by atoms with E-state index in [0.29, 0.717) is 13.0 Å². The first-order valence-corrected chi connectivity index (χ1v) is 5.92. The lowest BCUT2D eigenvalue weighted by molar-refractivity contribution is 0.130. The van der Waals surface area contributed by atoms with E-state index in [2.05, 4.69) is 0 Å². The van der Waals surface area contributed by atoms with Crippen molar-refractivity contribution in [3.05, 3.63) is 29.8 Å². The topological polar surface area (TPSA) is 64.8 Å². The number of nitrogens with two attached hydrogens (primary N) is 1. The Kier molecular flexibility index (Phi) is 3.72. The van der Waals surface area contributed by atoms with Crippen molar-refractivity contribution in [2.45, 2.75) is 18.6 Å². The van der Waals surface area contributed by atoms with Crippen LogP contribution in [-0.2, 0) is 11.2 Å². The Bertz CT molecular complexity index is 436. The molecule has 1 aliphatic heterocycles. The molecule has 2 unspecified atom stereocenters.